The van der Waals surface area contributed by atoms with Gasteiger partial charge in [-0.15, -0.1) is 0 Å². The molecule has 1 unspecified atom stereocenters. The SMILES string of the molecule is O=c1[nH]ncc(N/N=C/C2CC=CCC2)c1Br. The molecule has 17 heavy (non-hydrogen) atoms. The van der Waals surface area contributed by atoms with Crippen LogP contribution in [0.3, 0.4) is 0 Å². The topological polar surface area (TPSA) is 70.1 Å². The van der Waals surface area contributed by atoms with Crippen LogP contribution in [-0.4, -0.2) is 16.4 Å². The molecule has 90 valence electrons. The molecule has 0 fully saturated rings. The Balaban J connectivity index is 1.97. The van der Waals surface area contributed by atoms with E-state index in [1.165, 1.54) is 6.20 Å². The molecule has 2 rings (SSSR count). The molecule has 1 aromatic rings. The number of hydrazone groups is 1. The zero-order valence-electron chi connectivity index (χ0n) is 9.19. The minimum atomic E-state index is -0.272. The van der Waals surface area contributed by atoms with Crippen molar-refractivity contribution in [2.75, 3.05) is 5.43 Å². The highest BCUT2D eigenvalue weighted by atomic mass is 79.9. The minimum absolute atomic E-state index is 0.272. The molecule has 2 N–H and O–H groups in total. The van der Waals surface area contributed by atoms with Crippen molar-refractivity contribution in [2.45, 2.75) is 19.3 Å². The molecule has 0 saturated carbocycles. The first-order chi connectivity index (χ1) is 8.27. The van der Waals surface area contributed by atoms with Gasteiger partial charge in [0.1, 0.15) is 4.47 Å². The third-order valence-corrected chi connectivity index (χ3v) is 3.36. The summed E-state index contributed by atoms with van der Waals surface area (Å²) in [5.41, 5.74) is 3.11. The Kier molecular flexibility index (Phi) is 4.08. The lowest BCUT2D eigenvalue weighted by Gasteiger charge is -2.11. The number of rotatable bonds is 3. The maximum Gasteiger partial charge on any atom is 0.280 e. The van der Waals surface area contributed by atoms with Crippen molar-refractivity contribution in [1.82, 2.24) is 10.2 Å². The van der Waals surface area contributed by atoms with Gasteiger partial charge in [-0.1, -0.05) is 12.2 Å². The summed E-state index contributed by atoms with van der Waals surface area (Å²) in [6.45, 7) is 0. The third kappa shape index (κ3) is 3.26. The molecule has 0 amide bonds. The molecule has 0 aromatic carbocycles. The van der Waals surface area contributed by atoms with Gasteiger partial charge in [-0.05, 0) is 41.1 Å². The average Bonchev–Trinajstić information content (AvgIpc) is 2.36. The third-order valence-electron chi connectivity index (χ3n) is 2.58. The fourth-order valence-corrected chi connectivity index (χ4v) is 1.91. The summed E-state index contributed by atoms with van der Waals surface area (Å²) >= 11 is 3.18. The molecule has 6 heteroatoms. The smallest absolute Gasteiger partial charge is 0.276 e. The van der Waals surface area contributed by atoms with E-state index in [1.54, 1.807) is 0 Å². The van der Waals surface area contributed by atoms with Gasteiger partial charge < -0.3 is 0 Å². The van der Waals surface area contributed by atoms with Crippen LogP contribution in [0.1, 0.15) is 19.3 Å². The van der Waals surface area contributed by atoms with E-state index >= 15 is 0 Å². The second kappa shape index (κ2) is 5.77. The quantitative estimate of drug-likeness (QED) is 0.511. The number of halogens is 1. The monoisotopic (exact) mass is 296 g/mol. The van der Waals surface area contributed by atoms with Crippen LogP contribution in [0.5, 0.6) is 0 Å². The van der Waals surface area contributed by atoms with E-state index in [0.717, 1.165) is 19.3 Å². The van der Waals surface area contributed by atoms with E-state index in [-0.39, 0.29) is 5.56 Å². The summed E-state index contributed by atoms with van der Waals surface area (Å²) in [5.74, 6) is 0.473. The van der Waals surface area contributed by atoms with Crippen LogP contribution < -0.4 is 11.0 Å². The molecule has 5 nitrogen and oxygen atoms in total. The fraction of sp³-hybridized carbons (Fsp3) is 0.364. The van der Waals surface area contributed by atoms with Gasteiger partial charge in [0.25, 0.3) is 5.56 Å². The predicted octanol–water partition coefficient (Wildman–Crippen LogP) is 2.29. The Hall–Kier alpha value is -1.43. The van der Waals surface area contributed by atoms with Gasteiger partial charge in [0, 0.05) is 6.21 Å². The number of H-pyrrole nitrogens is 1. The number of anilines is 1. The van der Waals surface area contributed by atoms with Gasteiger partial charge in [-0.25, -0.2) is 5.10 Å². The molecule has 1 atom stereocenters. The number of aromatic nitrogens is 2. The van der Waals surface area contributed by atoms with Crippen LogP contribution in [0.4, 0.5) is 5.69 Å². The van der Waals surface area contributed by atoms with E-state index in [4.69, 9.17) is 0 Å². The van der Waals surface area contributed by atoms with Crippen molar-refractivity contribution in [2.24, 2.45) is 11.0 Å². The van der Waals surface area contributed by atoms with Crippen molar-refractivity contribution in [3.05, 3.63) is 33.2 Å². The Labute approximate surface area is 107 Å². The summed E-state index contributed by atoms with van der Waals surface area (Å²) in [5, 5.41) is 10.2. The standard InChI is InChI=1S/C11H13BrN4O/c12-10-9(7-14-16-11(10)17)15-13-6-8-4-2-1-3-5-8/h1-2,6-8H,3-5H2,(H2,15,16,17)/b13-6+. The second-order valence-electron chi connectivity index (χ2n) is 3.86. The van der Waals surface area contributed by atoms with Gasteiger partial charge in [0.05, 0.1) is 11.9 Å². The van der Waals surface area contributed by atoms with Crippen LogP contribution in [0.25, 0.3) is 0 Å². The van der Waals surface area contributed by atoms with Crippen LogP contribution in [0.15, 0.2) is 32.7 Å². The number of nitrogens with zero attached hydrogens (tertiary/aromatic N) is 2. The highest BCUT2D eigenvalue weighted by Crippen LogP contribution is 2.17. The Morgan fingerprint density at radius 2 is 2.47 bits per heavy atom. The normalized spacial score (nSPS) is 19.7. The van der Waals surface area contributed by atoms with Crippen molar-refractivity contribution in [3.8, 4) is 0 Å². The molecule has 0 bridgehead atoms. The maximum atomic E-state index is 11.2. The van der Waals surface area contributed by atoms with Crippen LogP contribution in [0, 0.1) is 5.92 Å². The highest BCUT2D eigenvalue weighted by Gasteiger charge is 2.07. The number of hydrogen-bond donors (Lipinski definition) is 2. The Morgan fingerprint density at radius 1 is 1.59 bits per heavy atom. The van der Waals surface area contributed by atoms with E-state index in [0.29, 0.717) is 16.1 Å². The van der Waals surface area contributed by atoms with Crippen molar-refractivity contribution >= 4 is 27.8 Å². The lowest BCUT2D eigenvalue weighted by molar-refractivity contribution is 0.627. The van der Waals surface area contributed by atoms with Crippen LogP contribution >= 0.6 is 15.9 Å². The summed E-state index contributed by atoms with van der Waals surface area (Å²) in [6.07, 6.45) is 11.0. The molecule has 0 spiro atoms. The molecule has 1 aliphatic rings. The highest BCUT2D eigenvalue weighted by molar-refractivity contribution is 9.10. The number of aromatic amines is 1. The number of nitrogens with one attached hydrogen (secondary N) is 2. The molecular formula is C11H13BrN4O. The van der Waals surface area contributed by atoms with E-state index < -0.39 is 0 Å². The fourth-order valence-electron chi connectivity index (χ4n) is 1.63. The Morgan fingerprint density at radius 3 is 3.24 bits per heavy atom. The first-order valence-electron chi connectivity index (χ1n) is 5.45. The molecule has 1 aliphatic carbocycles. The van der Waals surface area contributed by atoms with Gasteiger partial charge >= 0.3 is 0 Å². The molecule has 1 aromatic heterocycles. The molecular weight excluding hydrogens is 284 g/mol. The summed E-state index contributed by atoms with van der Waals surface area (Å²) < 4.78 is 0.410. The van der Waals surface area contributed by atoms with Gasteiger partial charge in [0.15, 0.2) is 0 Å². The van der Waals surface area contributed by atoms with Crippen molar-refractivity contribution in [1.29, 1.82) is 0 Å². The summed E-state index contributed by atoms with van der Waals surface area (Å²) in [4.78, 5) is 11.2. The zero-order chi connectivity index (χ0) is 12.1. The van der Waals surface area contributed by atoms with E-state index in [2.05, 4.69) is 48.8 Å². The van der Waals surface area contributed by atoms with Gasteiger partial charge in [0.2, 0.25) is 0 Å². The predicted molar refractivity (Wildman–Crippen MR) is 71.2 cm³/mol. The average molecular weight is 297 g/mol. The molecule has 1 heterocycles. The largest absolute Gasteiger partial charge is 0.280 e. The van der Waals surface area contributed by atoms with Crippen LogP contribution in [-0.2, 0) is 0 Å². The lowest BCUT2D eigenvalue weighted by atomic mass is 9.96. The van der Waals surface area contributed by atoms with Gasteiger partial charge in [-0.3, -0.25) is 10.2 Å². The summed E-state index contributed by atoms with van der Waals surface area (Å²) in [6, 6.07) is 0. The van der Waals surface area contributed by atoms with Crippen molar-refractivity contribution < 1.29 is 0 Å². The molecule has 0 saturated heterocycles. The van der Waals surface area contributed by atoms with E-state index in [1.807, 2.05) is 6.21 Å². The number of hydrogen-bond acceptors (Lipinski definition) is 4. The lowest BCUT2D eigenvalue weighted by Crippen LogP contribution is -2.11. The zero-order valence-corrected chi connectivity index (χ0v) is 10.8. The Bertz CT molecular complexity index is 494. The molecule has 0 aliphatic heterocycles. The molecule has 0 radical (unpaired) electrons. The van der Waals surface area contributed by atoms with E-state index in [9.17, 15) is 4.79 Å². The van der Waals surface area contributed by atoms with Crippen LogP contribution in [0.2, 0.25) is 0 Å². The first kappa shape index (κ1) is 12.0. The van der Waals surface area contributed by atoms with Crippen molar-refractivity contribution in [3.63, 3.8) is 0 Å². The maximum absolute atomic E-state index is 11.2. The van der Waals surface area contributed by atoms with Gasteiger partial charge in [-0.2, -0.15) is 10.2 Å². The second-order valence-corrected chi connectivity index (χ2v) is 4.65. The first-order valence-corrected chi connectivity index (χ1v) is 6.24. The number of allylic oxidation sites excluding steroid dienone is 2. The summed E-state index contributed by atoms with van der Waals surface area (Å²) in [7, 11) is 0. The minimum Gasteiger partial charge on any atom is -0.276 e.